The Morgan fingerprint density at radius 2 is 2.00 bits per heavy atom. The second-order valence-corrected chi connectivity index (χ2v) is 1.88. The largest absolute Gasteiger partial charge is 1.00 e. The smallest absolute Gasteiger partial charge is 1.00 e. The van der Waals surface area contributed by atoms with E-state index in [0.717, 1.165) is 0 Å². The van der Waals surface area contributed by atoms with Crippen LogP contribution in [-0.4, -0.2) is 23.7 Å². The van der Waals surface area contributed by atoms with Crippen molar-refractivity contribution in [2.75, 3.05) is 6.54 Å². The molecule has 0 aromatic carbocycles. The van der Waals surface area contributed by atoms with E-state index in [1.807, 2.05) is 0 Å². The van der Waals surface area contributed by atoms with Crippen molar-refractivity contribution in [1.29, 1.82) is 0 Å². The van der Waals surface area contributed by atoms with Crippen LogP contribution in [0.3, 0.4) is 0 Å². The molecule has 0 radical (unpaired) electrons. The average molecular weight is 191 g/mol. The van der Waals surface area contributed by atoms with Gasteiger partial charge in [-0.25, -0.2) is 0 Å². The number of rotatable bonds is 4. The summed E-state index contributed by atoms with van der Waals surface area (Å²) < 4.78 is 0. The van der Waals surface area contributed by atoms with E-state index in [1.54, 1.807) is 0 Å². The fraction of sp³-hybridized carbons (Fsp3) is 0.800. The fourth-order valence-corrected chi connectivity index (χ4v) is 0.461. The van der Waals surface area contributed by atoms with E-state index < -0.39 is 12.0 Å². The molecule has 0 bridgehead atoms. The molecule has 11 heavy (non-hydrogen) atoms. The van der Waals surface area contributed by atoms with Crippen molar-refractivity contribution < 1.29 is 51.9 Å². The Labute approximate surface area is 94.4 Å². The molecule has 0 rings (SSSR count). The summed E-state index contributed by atoms with van der Waals surface area (Å²) in [6.07, 6.45) is 1.14. The van der Waals surface area contributed by atoms with Crippen molar-refractivity contribution in [2.45, 2.75) is 18.9 Å². The Kier molecular flexibility index (Phi) is 17.2. The summed E-state index contributed by atoms with van der Waals surface area (Å²) in [4.78, 5) is 10.0. The van der Waals surface area contributed by atoms with Crippen LogP contribution < -0.4 is 53.4 Å². The molecule has 0 spiro atoms. The summed E-state index contributed by atoms with van der Waals surface area (Å²) in [5.74, 6) is -0.955. The molecule has 4 nitrogen and oxygen atoms in total. The molecule has 0 fully saturated rings. The number of carbonyl (C=O) groups is 1. The van der Waals surface area contributed by atoms with Crippen LogP contribution in [0.25, 0.3) is 0 Å². The van der Waals surface area contributed by atoms with Crippen LogP contribution in [0.5, 0.6) is 0 Å². The first-order valence-corrected chi connectivity index (χ1v) is 2.87. The second kappa shape index (κ2) is 10.7. The van der Waals surface area contributed by atoms with Gasteiger partial charge in [0.15, 0.2) is 0 Å². The summed E-state index contributed by atoms with van der Waals surface area (Å²) in [5, 5.41) is 8.24. The molecule has 6 heteroatoms. The Bertz CT molecular complexity index is 104. The number of halogens is 1. The topological polar surface area (TPSA) is 89.3 Å². The number of nitrogens with two attached hydrogens (primary N) is 2. The SMILES string of the molecule is NCCC[C@H](N)C(=O)O.[Cl-].[Na+]. The van der Waals surface area contributed by atoms with E-state index in [4.69, 9.17) is 16.6 Å². The van der Waals surface area contributed by atoms with Crippen molar-refractivity contribution in [1.82, 2.24) is 0 Å². The number of carboxylic acid groups (broad SMARTS) is 1. The first-order chi connectivity index (χ1) is 4.18. The van der Waals surface area contributed by atoms with Gasteiger partial charge in [0.2, 0.25) is 0 Å². The molecule has 0 unspecified atom stereocenters. The monoisotopic (exact) mass is 190 g/mol. The molecule has 62 valence electrons. The fourth-order valence-electron chi connectivity index (χ4n) is 0.461. The Balaban J connectivity index is -0.000000320. The van der Waals surface area contributed by atoms with Gasteiger partial charge in [-0.1, -0.05) is 0 Å². The molecule has 0 aromatic rings. The van der Waals surface area contributed by atoms with Gasteiger partial charge in [-0.15, -0.1) is 0 Å². The average Bonchev–Trinajstić information content (AvgIpc) is 1.82. The zero-order chi connectivity index (χ0) is 7.28. The first-order valence-electron chi connectivity index (χ1n) is 2.87. The molecule has 1 atom stereocenters. The summed E-state index contributed by atoms with van der Waals surface area (Å²) in [5.41, 5.74) is 10.3. The van der Waals surface area contributed by atoms with E-state index in [-0.39, 0.29) is 42.0 Å². The van der Waals surface area contributed by atoms with Crippen LogP contribution in [0.15, 0.2) is 0 Å². The molecule has 5 N–H and O–H groups in total. The quantitative estimate of drug-likeness (QED) is 0.385. The van der Waals surface area contributed by atoms with Gasteiger partial charge in [0.1, 0.15) is 6.04 Å². The molecule has 0 aromatic heterocycles. The molecule has 0 heterocycles. The zero-order valence-electron chi connectivity index (χ0n) is 6.59. The predicted octanol–water partition coefficient (Wildman–Crippen LogP) is -6.85. The van der Waals surface area contributed by atoms with E-state index in [2.05, 4.69) is 0 Å². The Morgan fingerprint density at radius 3 is 2.27 bits per heavy atom. The minimum atomic E-state index is -0.955. The maximum Gasteiger partial charge on any atom is 1.00 e. The van der Waals surface area contributed by atoms with Crippen molar-refractivity contribution in [3.63, 3.8) is 0 Å². The minimum absolute atomic E-state index is 0. The molecule has 0 amide bonds. The van der Waals surface area contributed by atoms with Crippen LogP contribution >= 0.6 is 0 Å². The van der Waals surface area contributed by atoms with Gasteiger partial charge in [0, 0.05) is 0 Å². The predicted molar refractivity (Wildman–Crippen MR) is 33.9 cm³/mol. The Hall–Kier alpha value is 0.680. The van der Waals surface area contributed by atoms with Crippen LogP contribution in [0.4, 0.5) is 0 Å². The van der Waals surface area contributed by atoms with E-state index in [9.17, 15) is 4.79 Å². The van der Waals surface area contributed by atoms with Gasteiger partial charge in [-0.2, -0.15) is 0 Å². The van der Waals surface area contributed by atoms with Gasteiger partial charge in [-0.3, -0.25) is 4.79 Å². The van der Waals surface area contributed by atoms with Crippen molar-refractivity contribution >= 4 is 5.97 Å². The molecule has 0 aliphatic heterocycles. The zero-order valence-corrected chi connectivity index (χ0v) is 9.34. The third kappa shape index (κ3) is 10.7. The number of carboxylic acids is 1. The normalized spacial score (nSPS) is 10.7. The van der Waals surface area contributed by atoms with Gasteiger partial charge < -0.3 is 29.0 Å². The first kappa shape index (κ1) is 17.7. The van der Waals surface area contributed by atoms with Crippen molar-refractivity contribution in [3.05, 3.63) is 0 Å². The van der Waals surface area contributed by atoms with Gasteiger partial charge in [0.05, 0.1) is 0 Å². The number of hydrogen-bond acceptors (Lipinski definition) is 3. The number of aliphatic carboxylic acids is 1. The van der Waals surface area contributed by atoms with E-state index >= 15 is 0 Å². The van der Waals surface area contributed by atoms with Gasteiger partial charge >= 0.3 is 35.5 Å². The van der Waals surface area contributed by atoms with Crippen molar-refractivity contribution in [2.24, 2.45) is 11.5 Å². The van der Waals surface area contributed by atoms with E-state index in [1.165, 1.54) is 0 Å². The summed E-state index contributed by atoms with van der Waals surface area (Å²) in [7, 11) is 0. The standard InChI is InChI=1S/C5H12N2O2.ClH.Na/c6-3-1-2-4(7)5(8)9;;/h4H,1-3,6-7H2,(H,8,9);1H;/q;;+1/p-1/t4-;;/m0../s1. The summed E-state index contributed by atoms with van der Waals surface area (Å²) in [6, 6.07) is -0.742. The molecule has 0 saturated carbocycles. The third-order valence-electron chi connectivity index (χ3n) is 1.04. The van der Waals surface area contributed by atoms with Crippen molar-refractivity contribution in [3.8, 4) is 0 Å². The van der Waals surface area contributed by atoms with E-state index in [0.29, 0.717) is 19.4 Å². The minimum Gasteiger partial charge on any atom is -1.00 e. The summed E-state index contributed by atoms with van der Waals surface area (Å²) >= 11 is 0. The van der Waals surface area contributed by atoms with Crippen LogP contribution in [-0.2, 0) is 4.79 Å². The second-order valence-electron chi connectivity index (χ2n) is 1.88. The van der Waals surface area contributed by atoms with Crippen LogP contribution in [0, 0.1) is 0 Å². The maximum absolute atomic E-state index is 10.0. The molecule has 0 aliphatic rings. The summed E-state index contributed by atoms with van der Waals surface area (Å²) in [6.45, 7) is 0.501. The van der Waals surface area contributed by atoms with Gasteiger partial charge in [-0.05, 0) is 19.4 Å². The maximum atomic E-state index is 10.0. The van der Waals surface area contributed by atoms with Crippen LogP contribution in [0.2, 0.25) is 0 Å². The third-order valence-corrected chi connectivity index (χ3v) is 1.04. The molecular formula is C5H12ClN2NaO2. The molecular weight excluding hydrogens is 179 g/mol. The molecule has 0 aliphatic carbocycles. The van der Waals surface area contributed by atoms with Crippen LogP contribution in [0.1, 0.15) is 12.8 Å². The molecule has 0 saturated heterocycles. The van der Waals surface area contributed by atoms with Gasteiger partial charge in [0.25, 0.3) is 0 Å². The Morgan fingerprint density at radius 1 is 1.55 bits per heavy atom. The number of hydrogen-bond donors (Lipinski definition) is 3.